The number of H-pyrrole nitrogens is 1. The summed E-state index contributed by atoms with van der Waals surface area (Å²) in [7, 11) is -2.46. The summed E-state index contributed by atoms with van der Waals surface area (Å²) >= 11 is 1.57. The van der Waals surface area contributed by atoms with Crippen molar-refractivity contribution in [2.45, 2.75) is 4.90 Å². The van der Waals surface area contributed by atoms with E-state index in [-0.39, 0.29) is 10.6 Å². The fourth-order valence-electron chi connectivity index (χ4n) is 3.52. The van der Waals surface area contributed by atoms with Crippen molar-refractivity contribution in [1.29, 1.82) is 0 Å². The van der Waals surface area contributed by atoms with Gasteiger partial charge in [0.1, 0.15) is 11.6 Å². The van der Waals surface area contributed by atoms with Gasteiger partial charge in [-0.05, 0) is 53.9 Å². The summed E-state index contributed by atoms with van der Waals surface area (Å²) in [6.07, 6.45) is 1.62. The summed E-state index contributed by atoms with van der Waals surface area (Å²) in [6, 6.07) is 13.7. The molecule has 0 saturated carbocycles. The number of hydrogen-bond acceptors (Lipinski definition) is 6. The van der Waals surface area contributed by atoms with E-state index in [4.69, 9.17) is 4.74 Å². The third kappa shape index (κ3) is 4.06. The minimum Gasteiger partial charge on any atom is -0.496 e. The molecule has 2 aromatic carbocycles. The van der Waals surface area contributed by atoms with Crippen LogP contribution in [0.3, 0.4) is 0 Å². The molecule has 0 bridgehead atoms. The Hall–Kier alpha value is -3.76. The average Bonchev–Trinajstić information content (AvgIpc) is 3.47. The number of pyridine rings is 1. The Morgan fingerprint density at radius 2 is 1.97 bits per heavy atom. The number of rotatable bonds is 6. The zero-order chi connectivity index (χ0) is 23.0. The Kier molecular flexibility index (Phi) is 5.31. The highest BCUT2D eigenvalue weighted by Crippen LogP contribution is 2.35. The summed E-state index contributed by atoms with van der Waals surface area (Å²) < 4.78 is 47.3. The molecular weight excluding hydrogens is 463 g/mol. The van der Waals surface area contributed by atoms with Gasteiger partial charge in [0.15, 0.2) is 5.65 Å². The Labute approximate surface area is 192 Å². The molecule has 33 heavy (non-hydrogen) atoms. The number of aromatic amines is 1. The number of methoxy groups -OCH3 is 1. The number of ether oxygens (including phenoxy) is 1. The molecule has 3 heterocycles. The number of nitrogens with one attached hydrogen (secondary N) is 2. The molecule has 0 aliphatic carbocycles. The van der Waals surface area contributed by atoms with Crippen LogP contribution < -0.4 is 9.46 Å². The molecule has 0 spiro atoms. The highest BCUT2D eigenvalue weighted by atomic mass is 32.2. The van der Waals surface area contributed by atoms with E-state index in [2.05, 4.69) is 19.9 Å². The van der Waals surface area contributed by atoms with Gasteiger partial charge in [-0.15, -0.1) is 0 Å². The molecule has 0 aliphatic rings. The van der Waals surface area contributed by atoms with Crippen LogP contribution in [-0.4, -0.2) is 30.7 Å². The minimum absolute atomic E-state index is 0.00732. The predicted octanol–water partition coefficient (Wildman–Crippen LogP) is 5.30. The highest BCUT2D eigenvalue weighted by molar-refractivity contribution is 7.92. The van der Waals surface area contributed by atoms with Gasteiger partial charge in [-0.25, -0.2) is 17.8 Å². The Morgan fingerprint density at radius 3 is 2.73 bits per heavy atom. The summed E-state index contributed by atoms with van der Waals surface area (Å²) in [5, 5.41) is 12.1. The number of thiophene rings is 1. The van der Waals surface area contributed by atoms with Gasteiger partial charge in [0.05, 0.1) is 23.4 Å². The molecule has 2 N–H and O–H groups in total. The quantitative estimate of drug-likeness (QED) is 0.344. The number of benzene rings is 2. The first kappa shape index (κ1) is 21.1. The molecule has 7 nitrogen and oxygen atoms in total. The van der Waals surface area contributed by atoms with Gasteiger partial charge in [-0.2, -0.15) is 16.4 Å². The van der Waals surface area contributed by atoms with Gasteiger partial charge in [0.2, 0.25) is 0 Å². The maximum atomic E-state index is 13.5. The second kappa shape index (κ2) is 8.30. The molecule has 0 amide bonds. The van der Waals surface area contributed by atoms with Gasteiger partial charge in [-0.3, -0.25) is 9.82 Å². The van der Waals surface area contributed by atoms with Gasteiger partial charge < -0.3 is 4.74 Å². The third-order valence-electron chi connectivity index (χ3n) is 5.09. The van der Waals surface area contributed by atoms with Crippen molar-refractivity contribution in [2.75, 3.05) is 11.8 Å². The minimum atomic E-state index is -3.97. The van der Waals surface area contributed by atoms with Crippen molar-refractivity contribution < 1.29 is 17.5 Å². The standard InChI is InChI=1S/C23H17FN4O3S2/c1-31-21-6-5-18(33(29,30)28-17-4-2-3-16(24)10-17)11-19(21)15-9-20-22(14-7-8-32-13-14)26-27-23(20)25-12-15/h2-13,28H,1H3,(H,25,26,27). The topological polar surface area (TPSA) is 97.0 Å². The number of halogens is 1. The molecule has 166 valence electrons. The Bertz CT molecular complexity index is 1560. The molecule has 0 atom stereocenters. The maximum Gasteiger partial charge on any atom is 0.261 e. The van der Waals surface area contributed by atoms with Crippen LogP contribution in [0.2, 0.25) is 0 Å². The van der Waals surface area contributed by atoms with Crippen LogP contribution in [0.1, 0.15) is 0 Å². The van der Waals surface area contributed by atoms with Crippen molar-refractivity contribution in [3.8, 4) is 28.1 Å². The van der Waals surface area contributed by atoms with Crippen LogP contribution in [-0.2, 0) is 10.0 Å². The summed E-state index contributed by atoms with van der Waals surface area (Å²) in [5.41, 5.74) is 3.72. The number of hydrogen-bond donors (Lipinski definition) is 2. The molecule has 0 aliphatic heterocycles. The van der Waals surface area contributed by atoms with E-state index in [1.807, 2.05) is 22.9 Å². The molecule has 0 saturated heterocycles. The first-order chi connectivity index (χ1) is 15.9. The normalized spacial score (nSPS) is 11.6. The van der Waals surface area contributed by atoms with E-state index < -0.39 is 15.8 Å². The smallest absolute Gasteiger partial charge is 0.261 e. The van der Waals surface area contributed by atoms with E-state index in [1.54, 1.807) is 23.6 Å². The lowest BCUT2D eigenvalue weighted by molar-refractivity contribution is 0.416. The van der Waals surface area contributed by atoms with Crippen LogP contribution in [0.5, 0.6) is 5.75 Å². The summed E-state index contributed by atoms with van der Waals surface area (Å²) in [4.78, 5) is 4.44. The maximum absolute atomic E-state index is 13.5. The first-order valence-corrected chi connectivity index (χ1v) is 12.2. The summed E-state index contributed by atoms with van der Waals surface area (Å²) in [6.45, 7) is 0. The lowest BCUT2D eigenvalue weighted by atomic mass is 10.0. The van der Waals surface area contributed by atoms with Crippen molar-refractivity contribution >= 4 is 38.1 Å². The van der Waals surface area contributed by atoms with Crippen LogP contribution in [0.25, 0.3) is 33.4 Å². The molecule has 5 rings (SSSR count). The van der Waals surface area contributed by atoms with Crippen LogP contribution >= 0.6 is 11.3 Å². The number of fused-ring (bicyclic) bond motifs is 1. The SMILES string of the molecule is COc1ccc(S(=O)(=O)Nc2cccc(F)c2)cc1-c1cnc2n[nH]c(-c3ccsc3)c2c1. The second-order valence-corrected chi connectivity index (χ2v) is 9.65. The van der Waals surface area contributed by atoms with E-state index in [0.717, 1.165) is 22.7 Å². The first-order valence-electron chi connectivity index (χ1n) is 9.78. The Morgan fingerprint density at radius 1 is 1.09 bits per heavy atom. The fraction of sp³-hybridized carbons (Fsp3) is 0.0435. The molecule has 3 aromatic heterocycles. The molecule has 10 heteroatoms. The van der Waals surface area contributed by atoms with Gasteiger partial charge in [0.25, 0.3) is 10.0 Å². The van der Waals surface area contributed by atoms with Crippen molar-refractivity contribution in [3.05, 3.63) is 77.4 Å². The van der Waals surface area contributed by atoms with Crippen molar-refractivity contribution in [3.63, 3.8) is 0 Å². The molecule has 0 radical (unpaired) electrons. The average molecular weight is 481 g/mol. The van der Waals surface area contributed by atoms with Gasteiger partial charge in [-0.1, -0.05) is 6.07 Å². The number of sulfonamides is 1. The number of anilines is 1. The number of nitrogens with zero attached hydrogens (tertiary/aromatic N) is 2. The van der Waals surface area contributed by atoms with Gasteiger partial charge in [0, 0.05) is 33.7 Å². The molecular formula is C23H17FN4O3S2. The van der Waals surface area contributed by atoms with Crippen molar-refractivity contribution in [2.24, 2.45) is 0 Å². The molecule has 0 fully saturated rings. The molecule has 0 unspecified atom stereocenters. The predicted molar refractivity (Wildman–Crippen MR) is 126 cm³/mol. The second-order valence-electron chi connectivity index (χ2n) is 7.18. The Balaban J connectivity index is 1.59. The van der Waals surface area contributed by atoms with Gasteiger partial charge >= 0.3 is 0 Å². The zero-order valence-electron chi connectivity index (χ0n) is 17.2. The van der Waals surface area contributed by atoms with Crippen LogP contribution in [0.15, 0.2) is 76.4 Å². The van der Waals surface area contributed by atoms with E-state index in [9.17, 15) is 12.8 Å². The number of aromatic nitrogens is 3. The highest BCUT2D eigenvalue weighted by Gasteiger charge is 2.19. The van der Waals surface area contributed by atoms with Crippen LogP contribution in [0, 0.1) is 5.82 Å². The van der Waals surface area contributed by atoms with E-state index >= 15 is 0 Å². The lowest BCUT2D eigenvalue weighted by Crippen LogP contribution is -2.13. The van der Waals surface area contributed by atoms with E-state index in [0.29, 0.717) is 22.5 Å². The zero-order valence-corrected chi connectivity index (χ0v) is 18.9. The van der Waals surface area contributed by atoms with Crippen molar-refractivity contribution in [1.82, 2.24) is 15.2 Å². The molecule has 5 aromatic rings. The lowest BCUT2D eigenvalue weighted by Gasteiger charge is -2.13. The fourth-order valence-corrected chi connectivity index (χ4v) is 5.24. The third-order valence-corrected chi connectivity index (χ3v) is 7.15. The van der Waals surface area contributed by atoms with E-state index in [1.165, 1.54) is 37.4 Å². The summed E-state index contributed by atoms with van der Waals surface area (Å²) in [5.74, 6) is -0.0482. The van der Waals surface area contributed by atoms with Crippen LogP contribution in [0.4, 0.5) is 10.1 Å². The monoisotopic (exact) mass is 480 g/mol. The largest absolute Gasteiger partial charge is 0.496 e.